The van der Waals surface area contributed by atoms with E-state index in [1.54, 1.807) is 0 Å². The largest absolute Gasteiger partial charge is 0.481 e. The Labute approximate surface area is 120 Å². The number of anilines is 1. The molecule has 0 unspecified atom stereocenters. The number of likely N-dealkylation sites (N-methyl/N-ethyl adjacent to an activating group) is 1. The van der Waals surface area contributed by atoms with E-state index >= 15 is 0 Å². The molecule has 2 rings (SSSR count). The van der Waals surface area contributed by atoms with Crippen LogP contribution in [0.5, 0.6) is 0 Å². The van der Waals surface area contributed by atoms with E-state index in [4.69, 9.17) is 5.11 Å². The van der Waals surface area contributed by atoms with E-state index in [0.29, 0.717) is 10.6 Å². The van der Waals surface area contributed by atoms with Crippen LogP contribution in [-0.2, 0) is 22.6 Å². The number of fused-ring (bicyclic) bond motifs is 1. The second-order valence-corrected chi connectivity index (χ2v) is 5.85. The topological polar surface area (TPSA) is 93.4 Å². The van der Waals surface area contributed by atoms with Gasteiger partial charge in [0.1, 0.15) is 11.1 Å². The number of carbonyl (C=O) groups excluding carboxylic acids is 1. The van der Waals surface area contributed by atoms with Crippen LogP contribution >= 0.6 is 11.3 Å². The Balaban J connectivity index is 2.14. The van der Waals surface area contributed by atoms with Gasteiger partial charge in [0.15, 0.2) is 0 Å². The van der Waals surface area contributed by atoms with Gasteiger partial charge in [-0.05, 0) is 19.0 Å². The van der Waals surface area contributed by atoms with Gasteiger partial charge in [-0.3, -0.25) is 9.59 Å². The molecule has 2 heterocycles. The summed E-state index contributed by atoms with van der Waals surface area (Å²) in [5.74, 6) is -1.37. The lowest BCUT2D eigenvalue weighted by molar-refractivity contribution is -0.138. The summed E-state index contributed by atoms with van der Waals surface area (Å²) in [5, 5.41) is 21.0. The summed E-state index contributed by atoms with van der Waals surface area (Å²) in [7, 11) is 2.01. The lowest BCUT2D eigenvalue weighted by Gasteiger charge is -2.21. The van der Waals surface area contributed by atoms with Gasteiger partial charge in [-0.25, -0.2) is 0 Å². The van der Waals surface area contributed by atoms with Crippen LogP contribution in [0.1, 0.15) is 28.8 Å². The molecule has 0 bridgehead atoms. The van der Waals surface area contributed by atoms with E-state index in [-0.39, 0.29) is 18.7 Å². The minimum atomic E-state index is -1.01. The van der Waals surface area contributed by atoms with Gasteiger partial charge in [0.05, 0.1) is 12.0 Å². The highest BCUT2D eigenvalue weighted by atomic mass is 32.1. The van der Waals surface area contributed by atoms with E-state index in [1.807, 2.05) is 7.05 Å². The third kappa shape index (κ3) is 3.15. The zero-order chi connectivity index (χ0) is 14.7. The first-order valence-corrected chi connectivity index (χ1v) is 7.07. The first-order valence-electron chi connectivity index (χ1n) is 6.26. The SMILES string of the molecule is CN1CCc2c(sc(NC(=O)CCC(=O)O)c2C#N)C1. The maximum Gasteiger partial charge on any atom is 0.303 e. The van der Waals surface area contributed by atoms with Crippen molar-refractivity contribution in [2.24, 2.45) is 0 Å². The molecule has 20 heavy (non-hydrogen) atoms. The predicted molar refractivity (Wildman–Crippen MR) is 74.6 cm³/mol. The molecule has 0 aromatic carbocycles. The van der Waals surface area contributed by atoms with Gasteiger partial charge in [0.2, 0.25) is 5.91 Å². The van der Waals surface area contributed by atoms with Gasteiger partial charge in [0, 0.05) is 24.4 Å². The van der Waals surface area contributed by atoms with Crippen molar-refractivity contribution in [2.75, 3.05) is 18.9 Å². The predicted octanol–water partition coefficient (Wildman–Crippen LogP) is 1.41. The van der Waals surface area contributed by atoms with Crippen LogP contribution in [0.4, 0.5) is 5.00 Å². The Morgan fingerprint density at radius 3 is 2.90 bits per heavy atom. The van der Waals surface area contributed by atoms with Gasteiger partial charge < -0.3 is 15.3 Å². The monoisotopic (exact) mass is 293 g/mol. The molecule has 0 radical (unpaired) electrons. The fraction of sp³-hybridized carbons (Fsp3) is 0.462. The number of hydrogen-bond acceptors (Lipinski definition) is 5. The number of thiophene rings is 1. The van der Waals surface area contributed by atoms with Crippen molar-refractivity contribution in [2.45, 2.75) is 25.8 Å². The quantitative estimate of drug-likeness (QED) is 0.875. The maximum atomic E-state index is 11.7. The smallest absolute Gasteiger partial charge is 0.303 e. The molecule has 1 aliphatic rings. The molecule has 0 spiro atoms. The first-order chi connectivity index (χ1) is 9.51. The highest BCUT2D eigenvalue weighted by molar-refractivity contribution is 7.16. The van der Waals surface area contributed by atoms with Crippen molar-refractivity contribution in [3.63, 3.8) is 0 Å². The van der Waals surface area contributed by atoms with Crippen molar-refractivity contribution in [3.05, 3.63) is 16.0 Å². The number of nitrogens with one attached hydrogen (secondary N) is 1. The molecular formula is C13H15N3O3S. The minimum absolute atomic E-state index is 0.0807. The van der Waals surface area contributed by atoms with Gasteiger partial charge in [-0.15, -0.1) is 11.3 Å². The van der Waals surface area contributed by atoms with Crippen molar-refractivity contribution >= 4 is 28.2 Å². The average Bonchev–Trinajstić information content (AvgIpc) is 2.72. The number of nitriles is 1. The van der Waals surface area contributed by atoms with Gasteiger partial charge >= 0.3 is 5.97 Å². The van der Waals surface area contributed by atoms with E-state index in [0.717, 1.165) is 30.0 Å². The molecule has 1 aliphatic heterocycles. The highest BCUT2D eigenvalue weighted by Gasteiger charge is 2.23. The minimum Gasteiger partial charge on any atom is -0.481 e. The standard InChI is InChI=1S/C13H15N3O3S/c1-16-5-4-8-9(6-14)13(20-10(8)7-16)15-11(17)2-3-12(18)19/h2-5,7H2,1H3,(H,15,17)(H,18,19). The van der Waals surface area contributed by atoms with E-state index in [2.05, 4.69) is 16.3 Å². The van der Waals surface area contributed by atoms with Crippen LogP contribution in [0.25, 0.3) is 0 Å². The number of hydrogen-bond donors (Lipinski definition) is 2. The fourth-order valence-electron chi connectivity index (χ4n) is 2.15. The van der Waals surface area contributed by atoms with Crippen LogP contribution in [0.3, 0.4) is 0 Å². The summed E-state index contributed by atoms with van der Waals surface area (Å²) in [6, 6.07) is 2.15. The molecular weight excluding hydrogens is 278 g/mol. The van der Waals surface area contributed by atoms with Gasteiger partial charge in [-0.2, -0.15) is 5.26 Å². The molecule has 1 amide bonds. The summed E-state index contributed by atoms with van der Waals surface area (Å²) in [6.45, 7) is 1.67. The van der Waals surface area contributed by atoms with Gasteiger partial charge in [0.25, 0.3) is 0 Å². The zero-order valence-electron chi connectivity index (χ0n) is 11.1. The first kappa shape index (κ1) is 14.5. The Hall–Kier alpha value is -1.91. The average molecular weight is 293 g/mol. The number of carboxylic acid groups (broad SMARTS) is 1. The summed E-state index contributed by atoms with van der Waals surface area (Å²) in [6.07, 6.45) is 0.514. The number of amides is 1. The normalized spacial score (nSPS) is 14.4. The molecule has 7 heteroatoms. The highest BCUT2D eigenvalue weighted by Crippen LogP contribution is 2.36. The number of carboxylic acids is 1. The Kier molecular flexibility index (Phi) is 4.37. The molecule has 0 fully saturated rings. The van der Waals surface area contributed by atoms with E-state index in [1.165, 1.54) is 11.3 Å². The van der Waals surface area contributed by atoms with E-state index in [9.17, 15) is 14.9 Å². The molecule has 106 valence electrons. The lowest BCUT2D eigenvalue weighted by atomic mass is 10.0. The molecule has 1 aromatic heterocycles. The van der Waals surface area contributed by atoms with Gasteiger partial charge in [-0.1, -0.05) is 0 Å². The number of rotatable bonds is 4. The van der Waals surface area contributed by atoms with Crippen molar-refractivity contribution in [3.8, 4) is 6.07 Å². The van der Waals surface area contributed by atoms with Crippen LogP contribution < -0.4 is 5.32 Å². The molecule has 0 aliphatic carbocycles. The van der Waals surface area contributed by atoms with Crippen LogP contribution in [-0.4, -0.2) is 35.5 Å². The number of carbonyl (C=O) groups is 2. The third-order valence-electron chi connectivity index (χ3n) is 3.18. The zero-order valence-corrected chi connectivity index (χ0v) is 11.9. The summed E-state index contributed by atoms with van der Waals surface area (Å²) in [4.78, 5) is 25.4. The summed E-state index contributed by atoms with van der Waals surface area (Å²) < 4.78 is 0. The molecule has 0 atom stereocenters. The molecule has 6 nitrogen and oxygen atoms in total. The van der Waals surface area contributed by atoms with Crippen LogP contribution in [0, 0.1) is 11.3 Å². The van der Waals surface area contributed by atoms with Crippen molar-refractivity contribution < 1.29 is 14.7 Å². The van der Waals surface area contributed by atoms with Crippen LogP contribution in [0.2, 0.25) is 0 Å². The second-order valence-electron chi connectivity index (χ2n) is 4.75. The second kappa shape index (κ2) is 6.03. The number of nitrogens with zero attached hydrogens (tertiary/aromatic N) is 2. The summed E-state index contributed by atoms with van der Waals surface area (Å²) in [5.41, 5.74) is 1.55. The molecule has 0 saturated heterocycles. The van der Waals surface area contributed by atoms with Crippen molar-refractivity contribution in [1.29, 1.82) is 5.26 Å². The fourth-order valence-corrected chi connectivity index (χ4v) is 3.44. The Morgan fingerprint density at radius 2 is 2.25 bits per heavy atom. The molecule has 1 aromatic rings. The third-order valence-corrected chi connectivity index (χ3v) is 4.31. The Bertz CT molecular complexity index is 588. The maximum absolute atomic E-state index is 11.7. The van der Waals surface area contributed by atoms with Crippen LogP contribution in [0.15, 0.2) is 0 Å². The summed E-state index contributed by atoms with van der Waals surface area (Å²) >= 11 is 1.41. The van der Waals surface area contributed by atoms with E-state index < -0.39 is 5.97 Å². The Morgan fingerprint density at radius 1 is 1.50 bits per heavy atom. The molecule has 0 saturated carbocycles. The molecule has 2 N–H and O–H groups in total. The lowest BCUT2D eigenvalue weighted by Crippen LogP contribution is -2.25. The number of aliphatic carboxylic acids is 1. The van der Waals surface area contributed by atoms with Crippen molar-refractivity contribution in [1.82, 2.24) is 4.90 Å².